The lowest BCUT2D eigenvalue weighted by atomic mass is 9.99. The predicted molar refractivity (Wildman–Crippen MR) is 83.1 cm³/mol. The maximum absolute atomic E-state index is 13.2. The van der Waals surface area contributed by atoms with Gasteiger partial charge >= 0.3 is 6.18 Å². The summed E-state index contributed by atoms with van der Waals surface area (Å²) >= 11 is 0. The molecule has 1 saturated carbocycles. The zero-order valence-electron chi connectivity index (χ0n) is 12.6. The van der Waals surface area contributed by atoms with E-state index >= 15 is 0 Å². The molecule has 1 aromatic carbocycles. The predicted octanol–water partition coefficient (Wildman–Crippen LogP) is 3.43. The first-order chi connectivity index (χ1) is 10.9. The van der Waals surface area contributed by atoms with Crippen molar-refractivity contribution < 1.29 is 13.2 Å². The van der Waals surface area contributed by atoms with Gasteiger partial charge in [-0.2, -0.15) is 13.2 Å². The largest absolute Gasteiger partial charge is 0.418 e. The number of nitrogens with two attached hydrogens (primary N) is 1. The monoisotopic (exact) mass is 321 g/mol. The van der Waals surface area contributed by atoms with Gasteiger partial charge in [-0.3, -0.25) is 4.98 Å². The smallest absolute Gasteiger partial charge is 0.369 e. The zero-order chi connectivity index (χ0) is 16.2. The first-order valence-corrected chi connectivity index (χ1v) is 7.90. The number of halogens is 3. The molecule has 1 aliphatic carbocycles. The van der Waals surface area contributed by atoms with Crippen LogP contribution in [0.4, 0.5) is 18.9 Å². The zero-order valence-corrected chi connectivity index (χ0v) is 12.6. The summed E-state index contributed by atoms with van der Waals surface area (Å²) in [5, 5.41) is 0.547. The second kappa shape index (κ2) is 5.09. The Morgan fingerprint density at radius 2 is 1.91 bits per heavy atom. The van der Waals surface area contributed by atoms with Crippen LogP contribution in [0.3, 0.4) is 0 Å². The van der Waals surface area contributed by atoms with Crippen LogP contribution in [-0.2, 0) is 6.18 Å². The third-order valence-corrected chi connectivity index (χ3v) is 5.03. The maximum Gasteiger partial charge on any atom is 0.418 e. The maximum atomic E-state index is 13.2. The van der Waals surface area contributed by atoms with Gasteiger partial charge in [0, 0.05) is 36.4 Å². The molecule has 3 nitrogen and oxygen atoms in total. The molecule has 0 spiro atoms. The standard InChI is InChI=1S/C17H18F3N3/c18-17(19,20)13-3-1-2-11-15(6-7-22-16(11)13)23-8-12(10-4-5-10)14(21)9-23/h1-3,6-7,10,12,14H,4-5,8-9,21H2/t12-,14+/m0/s1. The molecule has 122 valence electrons. The van der Waals surface area contributed by atoms with Crippen molar-refractivity contribution in [1.29, 1.82) is 0 Å². The fourth-order valence-corrected chi connectivity index (χ4v) is 3.74. The Hall–Kier alpha value is -1.82. The Balaban J connectivity index is 1.76. The Morgan fingerprint density at radius 1 is 1.13 bits per heavy atom. The number of nitrogens with zero attached hydrogens (tertiary/aromatic N) is 2. The minimum atomic E-state index is -4.40. The molecule has 0 amide bonds. The molecule has 2 aromatic rings. The number of aromatic nitrogens is 1. The van der Waals surface area contributed by atoms with Gasteiger partial charge in [0.05, 0.1) is 11.1 Å². The van der Waals surface area contributed by atoms with Gasteiger partial charge in [0.25, 0.3) is 0 Å². The molecule has 2 aliphatic rings. The summed E-state index contributed by atoms with van der Waals surface area (Å²) in [5.74, 6) is 1.14. The first kappa shape index (κ1) is 14.8. The third-order valence-electron chi connectivity index (χ3n) is 5.03. The highest BCUT2D eigenvalue weighted by molar-refractivity contribution is 5.93. The molecule has 0 radical (unpaired) electrons. The molecule has 6 heteroatoms. The van der Waals surface area contributed by atoms with Gasteiger partial charge in [0.1, 0.15) is 0 Å². The van der Waals surface area contributed by atoms with E-state index in [-0.39, 0.29) is 11.6 Å². The summed E-state index contributed by atoms with van der Waals surface area (Å²) < 4.78 is 39.6. The molecule has 1 aliphatic heterocycles. The number of hydrogen-bond acceptors (Lipinski definition) is 3. The topological polar surface area (TPSA) is 42.1 Å². The molecular formula is C17H18F3N3. The summed E-state index contributed by atoms with van der Waals surface area (Å²) in [7, 11) is 0. The van der Waals surface area contributed by atoms with Crippen molar-refractivity contribution in [3.63, 3.8) is 0 Å². The van der Waals surface area contributed by atoms with Gasteiger partial charge in [-0.05, 0) is 36.8 Å². The van der Waals surface area contributed by atoms with E-state index in [0.29, 0.717) is 23.8 Å². The minimum Gasteiger partial charge on any atom is -0.369 e. The lowest BCUT2D eigenvalue weighted by Gasteiger charge is -2.21. The second-order valence-electron chi connectivity index (χ2n) is 6.60. The number of para-hydroxylation sites is 1. The van der Waals surface area contributed by atoms with E-state index in [2.05, 4.69) is 9.88 Å². The number of hydrogen-bond donors (Lipinski definition) is 1. The fourth-order valence-electron chi connectivity index (χ4n) is 3.74. The Kier molecular flexibility index (Phi) is 3.27. The second-order valence-corrected chi connectivity index (χ2v) is 6.60. The average Bonchev–Trinajstić information content (AvgIpc) is 3.28. The number of alkyl halides is 3. The van der Waals surface area contributed by atoms with E-state index in [1.54, 1.807) is 12.1 Å². The lowest BCUT2D eigenvalue weighted by Crippen LogP contribution is -2.30. The first-order valence-electron chi connectivity index (χ1n) is 7.90. The van der Waals surface area contributed by atoms with Crippen LogP contribution in [0.2, 0.25) is 0 Å². The van der Waals surface area contributed by atoms with Crippen LogP contribution in [-0.4, -0.2) is 24.1 Å². The van der Waals surface area contributed by atoms with E-state index in [4.69, 9.17) is 5.73 Å². The van der Waals surface area contributed by atoms with Gasteiger partial charge < -0.3 is 10.6 Å². The molecule has 0 bridgehead atoms. The highest BCUT2D eigenvalue weighted by Crippen LogP contribution is 2.43. The Labute approximate surface area is 132 Å². The van der Waals surface area contributed by atoms with E-state index < -0.39 is 11.7 Å². The molecule has 23 heavy (non-hydrogen) atoms. The number of benzene rings is 1. The van der Waals surface area contributed by atoms with Gasteiger partial charge in [-0.15, -0.1) is 0 Å². The molecule has 0 unspecified atom stereocenters. The molecule has 1 aromatic heterocycles. The average molecular weight is 321 g/mol. The van der Waals surface area contributed by atoms with Gasteiger partial charge in [0.2, 0.25) is 0 Å². The molecule has 4 rings (SSSR count). The Morgan fingerprint density at radius 3 is 2.61 bits per heavy atom. The van der Waals surface area contributed by atoms with Crippen LogP contribution >= 0.6 is 0 Å². The van der Waals surface area contributed by atoms with Crippen molar-refractivity contribution in [3.05, 3.63) is 36.0 Å². The molecule has 2 atom stereocenters. The molecule has 2 N–H and O–H groups in total. The van der Waals surface area contributed by atoms with Gasteiger partial charge in [-0.25, -0.2) is 0 Å². The van der Waals surface area contributed by atoms with E-state index in [1.165, 1.54) is 25.1 Å². The summed E-state index contributed by atoms with van der Waals surface area (Å²) in [6, 6.07) is 6.14. The van der Waals surface area contributed by atoms with Crippen molar-refractivity contribution in [2.24, 2.45) is 17.6 Å². The quantitative estimate of drug-likeness (QED) is 0.921. The van der Waals surface area contributed by atoms with Crippen molar-refractivity contribution in [2.75, 3.05) is 18.0 Å². The number of rotatable bonds is 2. The SMILES string of the molecule is N[C@@H]1CN(c2ccnc3c(C(F)(F)F)cccc23)C[C@H]1C1CC1. The van der Waals surface area contributed by atoms with E-state index in [1.807, 2.05) is 0 Å². The molecular weight excluding hydrogens is 303 g/mol. The third kappa shape index (κ3) is 2.55. The van der Waals surface area contributed by atoms with Gasteiger partial charge in [0.15, 0.2) is 0 Å². The fraction of sp³-hybridized carbons (Fsp3) is 0.471. The minimum absolute atomic E-state index is 0.0148. The molecule has 2 fully saturated rings. The number of anilines is 1. The van der Waals surface area contributed by atoms with Crippen LogP contribution in [0.5, 0.6) is 0 Å². The van der Waals surface area contributed by atoms with Gasteiger partial charge in [-0.1, -0.05) is 12.1 Å². The summed E-state index contributed by atoms with van der Waals surface area (Å²) in [6.07, 6.45) is -0.491. The van der Waals surface area contributed by atoms with E-state index in [0.717, 1.165) is 18.3 Å². The van der Waals surface area contributed by atoms with Crippen molar-refractivity contribution in [1.82, 2.24) is 4.98 Å². The highest BCUT2D eigenvalue weighted by Gasteiger charge is 2.41. The van der Waals surface area contributed by atoms with Crippen molar-refractivity contribution in [2.45, 2.75) is 25.1 Å². The highest BCUT2D eigenvalue weighted by atomic mass is 19.4. The van der Waals surface area contributed by atoms with Crippen LogP contribution < -0.4 is 10.6 Å². The van der Waals surface area contributed by atoms with Crippen LogP contribution in [0.1, 0.15) is 18.4 Å². The number of pyridine rings is 1. The van der Waals surface area contributed by atoms with Crippen molar-refractivity contribution >= 4 is 16.6 Å². The number of fused-ring (bicyclic) bond motifs is 1. The van der Waals surface area contributed by atoms with Crippen molar-refractivity contribution in [3.8, 4) is 0 Å². The van der Waals surface area contributed by atoms with Crippen LogP contribution in [0.15, 0.2) is 30.5 Å². The summed E-state index contributed by atoms with van der Waals surface area (Å²) in [6.45, 7) is 1.51. The summed E-state index contributed by atoms with van der Waals surface area (Å²) in [4.78, 5) is 6.11. The van der Waals surface area contributed by atoms with Crippen LogP contribution in [0.25, 0.3) is 10.9 Å². The molecule has 1 saturated heterocycles. The summed E-state index contributed by atoms with van der Waals surface area (Å²) in [5.41, 5.74) is 6.39. The van der Waals surface area contributed by atoms with Crippen LogP contribution in [0, 0.1) is 11.8 Å². The van der Waals surface area contributed by atoms with E-state index in [9.17, 15) is 13.2 Å². The molecule has 2 heterocycles. The lowest BCUT2D eigenvalue weighted by molar-refractivity contribution is -0.136. The normalized spacial score (nSPS) is 25.3. The Bertz CT molecular complexity index is 739.